The fraction of sp³-hybridized carbons (Fsp3) is 0.150. The zero-order valence-electron chi connectivity index (χ0n) is 16.7. The van der Waals surface area contributed by atoms with Gasteiger partial charge in [0, 0.05) is 40.8 Å². The number of aromatic nitrogens is 4. The lowest BCUT2D eigenvalue weighted by atomic mass is 10.2. The van der Waals surface area contributed by atoms with Crippen molar-refractivity contribution in [2.75, 3.05) is 17.2 Å². The van der Waals surface area contributed by atoms with Crippen LogP contribution < -0.4 is 15.4 Å². The Balaban J connectivity index is 1.57. The summed E-state index contributed by atoms with van der Waals surface area (Å²) in [5, 5.41) is 20.9. The first kappa shape index (κ1) is 22.3. The summed E-state index contributed by atoms with van der Waals surface area (Å²) in [6.45, 7) is 0.555. The molecular formula is C20H19BrN7O3S-. The topological polar surface area (TPSA) is 140 Å². The lowest BCUT2D eigenvalue weighted by molar-refractivity contribution is 0.271. The molecule has 1 unspecified atom stereocenters. The first-order valence-electron chi connectivity index (χ1n) is 9.57. The maximum atomic E-state index is 10.9. The third-order valence-corrected chi connectivity index (χ3v) is 5.57. The van der Waals surface area contributed by atoms with Crippen LogP contribution in [0.15, 0.2) is 59.3 Å². The summed E-state index contributed by atoms with van der Waals surface area (Å²) < 4.78 is 26.5. The molecule has 4 aromatic rings. The number of para-hydroxylation sites is 1. The van der Waals surface area contributed by atoms with Gasteiger partial charge in [0.25, 0.3) is 0 Å². The Hall–Kier alpha value is -2.90. The van der Waals surface area contributed by atoms with Crippen LogP contribution in [0.5, 0.6) is 0 Å². The number of aliphatic hydroxyl groups excluding tert-OH is 1. The molecule has 0 saturated heterocycles. The molecule has 12 heteroatoms. The van der Waals surface area contributed by atoms with E-state index in [4.69, 9.17) is 0 Å². The molecule has 4 N–H and O–H groups in total. The zero-order valence-corrected chi connectivity index (χ0v) is 19.1. The van der Waals surface area contributed by atoms with E-state index in [0.29, 0.717) is 28.5 Å². The minimum atomic E-state index is -2.35. The van der Waals surface area contributed by atoms with E-state index in [-0.39, 0.29) is 13.2 Å². The molecule has 0 spiro atoms. The van der Waals surface area contributed by atoms with Gasteiger partial charge in [0.15, 0.2) is 0 Å². The van der Waals surface area contributed by atoms with Crippen LogP contribution in [0.2, 0.25) is 0 Å². The highest BCUT2D eigenvalue weighted by atomic mass is 79.9. The van der Waals surface area contributed by atoms with Gasteiger partial charge in [0.05, 0.1) is 29.3 Å². The largest absolute Gasteiger partial charge is 0.760 e. The van der Waals surface area contributed by atoms with Gasteiger partial charge in [0.2, 0.25) is 5.95 Å². The maximum absolute atomic E-state index is 10.9. The summed E-state index contributed by atoms with van der Waals surface area (Å²) in [6.07, 6.45) is 3.38. The lowest BCUT2D eigenvalue weighted by Gasteiger charge is -2.15. The number of hydrogen-bond donors (Lipinski definition) is 4. The molecular weight excluding hydrogens is 498 g/mol. The number of fused-ring (bicyclic) bond motifs is 1. The van der Waals surface area contributed by atoms with Crippen molar-refractivity contribution in [1.29, 1.82) is 0 Å². The van der Waals surface area contributed by atoms with Crippen molar-refractivity contribution in [3.05, 3.63) is 64.9 Å². The standard InChI is InChI=1S/C20H20BrN7O3S/c21-16-12-22-20(25-15-6-5-14-10-23-28(7-8-29)18(14)9-15)27-19(16)26-17-4-2-1-3-13(17)11-24-32(30)31/h1-6,9-10,12,24,29H,7-8,11H2,(H,30,31)(H2,22,25,26,27)/p-1. The van der Waals surface area contributed by atoms with Crippen LogP contribution >= 0.6 is 15.9 Å². The lowest BCUT2D eigenvalue weighted by Crippen LogP contribution is -2.16. The molecule has 166 valence electrons. The van der Waals surface area contributed by atoms with Crippen LogP contribution in [0, 0.1) is 0 Å². The Morgan fingerprint density at radius 3 is 2.81 bits per heavy atom. The van der Waals surface area contributed by atoms with Crippen LogP contribution in [-0.4, -0.2) is 40.2 Å². The van der Waals surface area contributed by atoms with E-state index in [0.717, 1.165) is 22.2 Å². The van der Waals surface area contributed by atoms with Gasteiger partial charge in [-0.25, -0.2) is 9.71 Å². The van der Waals surface area contributed by atoms with Crippen LogP contribution in [-0.2, 0) is 24.4 Å². The van der Waals surface area contributed by atoms with Gasteiger partial charge in [-0.3, -0.25) is 8.89 Å². The van der Waals surface area contributed by atoms with E-state index in [1.165, 1.54) is 0 Å². The number of benzene rings is 2. The molecule has 2 aromatic carbocycles. The van der Waals surface area contributed by atoms with Crippen LogP contribution in [0.25, 0.3) is 10.9 Å². The van der Waals surface area contributed by atoms with Crippen LogP contribution in [0.4, 0.5) is 23.1 Å². The summed E-state index contributed by atoms with van der Waals surface area (Å²) in [5.74, 6) is 0.893. The normalized spacial score (nSPS) is 12.1. The Morgan fingerprint density at radius 1 is 1.16 bits per heavy atom. The first-order valence-corrected chi connectivity index (χ1v) is 11.4. The van der Waals surface area contributed by atoms with Gasteiger partial charge < -0.3 is 20.3 Å². The van der Waals surface area contributed by atoms with E-state index in [9.17, 15) is 13.9 Å². The molecule has 2 aromatic heterocycles. The molecule has 32 heavy (non-hydrogen) atoms. The molecule has 0 saturated carbocycles. The smallest absolute Gasteiger partial charge is 0.229 e. The van der Waals surface area contributed by atoms with Crippen LogP contribution in [0.3, 0.4) is 0 Å². The first-order chi connectivity index (χ1) is 15.5. The summed E-state index contributed by atoms with van der Waals surface area (Å²) >= 11 is 1.09. The van der Waals surface area contributed by atoms with Gasteiger partial charge in [-0.05, 0) is 45.8 Å². The summed E-state index contributed by atoms with van der Waals surface area (Å²) in [4.78, 5) is 8.86. The minimum absolute atomic E-state index is 0.00100. The quantitative estimate of drug-likeness (QED) is 0.249. The SMILES string of the molecule is O=S([O-])NCc1ccccc1Nc1nc(Nc2ccc3cnn(CCO)c3c2)ncc1Br. The van der Waals surface area contributed by atoms with E-state index in [1.807, 2.05) is 42.5 Å². The van der Waals surface area contributed by atoms with Crippen molar-refractivity contribution in [2.45, 2.75) is 13.1 Å². The Labute approximate surface area is 194 Å². The summed E-state index contributed by atoms with van der Waals surface area (Å²) in [6, 6.07) is 13.1. The Bertz CT molecular complexity index is 1270. The highest BCUT2D eigenvalue weighted by molar-refractivity contribution is 9.10. The van der Waals surface area contributed by atoms with Crippen molar-refractivity contribution < 1.29 is 13.9 Å². The second-order valence-corrected chi connectivity index (χ2v) is 8.33. The van der Waals surface area contributed by atoms with Gasteiger partial charge in [-0.1, -0.05) is 18.2 Å². The third kappa shape index (κ3) is 5.29. The van der Waals surface area contributed by atoms with Gasteiger partial charge >= 0.3 is 0 Å². The Kier molecular flexibility index (Phi) is 7.07. The average molecular weight is 517 g/mol. The van der Waals surface area contributed by atoms with Crippen molar-refractivity contribution in [3.8, 4) is 0 Å². The molecule has 1 atom stereocenters. The predicted molar refractivity (Wildman–Crippen MR) is 125 cm³/mol. The van der Waals surface area contributed by atoms with E-state index in [2.05, 4.69) is 46.4 Å². The van der Waals surface area contributed by atoms with E-state index in [1.54, 1.807) is 17.1 Å². The summed E-state index contributed by atoms with van der Waals surface area (Å²) in [7, 11) is 0. The molecule has 0 bridgehead atoms. The molecule has 0 aliphatic heterocycles. The van der Waals surface area contributed by atoms with Gasteiger partial charge in [-0.2, -0.15) is 10.1 Å². The molecule has 0 fully saturated rings. The second-order valence-electron chi connectivity index (χ2n) is 6.72. The van der Waals surface area contributed by atoms with Crippen molar-refractivity contribution >= 4 is 61.2 Å². The van der Waals surface area contributed by atoms with Crippen LogP contribution in [0.1, 0.15) is 5.56 Å². The zero-order chi connectivity index (χ0) is 22.5. The van der Waals surface area contributed by atoms with Gasteiger partial charge in [-0.15, -0.1) is 0 Å². The number of aliphatic hydroxyl groups is 1. The minimum Gasteiger partial charge on any atom is -0.760 e. The number of halogens is 1. The van der Waals surface area contributed by atoms with Crippen molar-refractivity contribution in [3.63, 3.8) is 0 Å². The molecule has 10 nitrogen and oxygen atoms in total. The number of nitrogens with zero attached hydrogens (tertiary/aromatic N) is 4. The number of anilines is 4. The fourth-order valence-corrected chi connectivity index (χ4v) is 3.69. The summed E-state index contributed by atoms with van der Waals surface area (Å²) in [5.41, 5.74) is 3.13. The molecule has 4 rings (SSSR count). The maximum Gasteiger partial charge on any atom is 0.229 e. The molecule has 2 heterocycles. The number of rotatable bonds is 9. The molecule has 0 aliphatic carbocycles. The second kappa shape index (κ2) is 10.1. The molecule has 0 amide bonds. The fourth-order valence-electron chi connectivity index (χ4n) is 3.13. The average Bonchev–Trinajstić information content (AvgIpc) is 3.18. The van der Waals surface area contributed by atoms with Crippen molar-refractivity contribution in [1.82, 2.24) is 24.5 Å². The highest BCUT2D eigenvalue weighted by Gasteiger charge is 2.10. The number of hydrogen-bond acceptors (Lipinski definition) is 8. The van der Waals surface area contributed by atoms with E-state index >= 15 is 0 Å². The third-order valence-electron chi connectivity index (χ3n) is 4.61. The van der Waals surface area contributed by atoms with Gasteiger partial charge in [0.1, 0.15) is 5.82 Å². The Morgan fingerprint density at radius 2 is 2.00 bits per heavy atom. The molecule has 0 radical (unpaired) electrons. The predicted octanol–water partition coefficient (Wildman–Crippen LogP) is 2.95. The van der Waals surface area contributed by atoms with Crippen molar-refractivity contribution in [2.24, 2.45) is 0 Å². The monoisotopic (exact) mass is 516 g/mol. The molecule has 0 aliphatic rings. The highest BCUT2D eigenvalue weighted by Crippen LogP contribution is 2.28. The number of nitrogens with one attached hydrogen (secondary N) is 3. The van der Waals surface area contributed by atoms with E-state index < -0.39 is 11.3 Å².